The number of hydrogen-bond acceptors (Lipinski definition) is 1. The van der Waals surface area contributed by atoms with Crippen molar-refractivity contribution in [2.45, 2.75) is 20.5 Å². The first-order chi connectivity index (χ1) is 10.1. The van der Waals surface area contributed by atoms with Crippen molar-refractivity contribution in [3.63, 3.8) is 0 Å². The first kappa shape index (κ1) is 14.2. The van der Waals surface area contributed by atoms with Crippen LogP contribution in [0.1, 0.15) is 16.7 Å². The summed E-state index contributed by atoms with van der Waals surface area (Å²) in [6.45, 7) is 4.87. The van der Waals surface area contributed by atoms with E-state index in [0.29, 0.717) is 6.61 Å². The molecular weight excluding hydrogens is 324 g/mol. The Labute approximate surface area is 133 Å². The summed E-state index contributed by atoms with van der Waals surface area (Å²) >= 11 is 3.50. The van der Waals surface area contributed by atoms with Crippen molar-refractivity contribution in [1.29, 1.82) is 0 Å². The number of halogens is 1. The highest BCUT2D eigenvalue weighted by Crippen LogP contribution is 2.25. The van der Waals surface area contributed by atoms with E-state index < -0.39 is 0 Å². The molecule has 3 aromatic rings. The van der Waals surface area contributed by atoms with Crippen LogP contribution in [0.4, 0.5) is 0 Å². The molecule has 0 atom stereocenters. The average Bonchev–Trinajstić information content (AvgIpc) is 2.47. The van der Waals surface area contributed by atoms with Gasteiger partial charge in [0.25, 0.3) is 0 Å². The van der Waals surface area contributed by atoms with Crippen molar-refractivity contribution in [3.05, 3.63) is 75.8 Å². The highest BCUT2D eigenvalue weighted by atomic mass is 79.9. The third kappa shape index (κ3) is 3.11. The van der Waals surface area contributed by atoms with Crippen molar-refractivity contribution >= 4 is 26.7 Å². The second kappa shape index (κ2) is 5.90. The summed E-state index contributed by atoms with van der Waals surface area (Å²) in [5.74, 6) is 0.910. The van der Waals surface area contributed by atoms with Crippen LogP contribution >= 0.6 is 15.9 Å². The molecule has 0 aliphatic heterocycles. The summed E-state index contributed by atoms with van der Waals surface area (Å²) in [6.07, 6.45) is 0. The van der Waals surface area contributed by atoms with Gasteiger partial charge in [-0.05, 0) is 65.6 Å². The van der Waals surface area contributed by atoms with Crippen LogP contribution in [0.3, 0.4) is 0 Å². The van der Waals surface area contributed by atoms with E-state index in [1.165, 1.54) is 27.5 Å². The lowest BCUT2D eigenvalue weighted by Gasteiger charge is -2.12. The lowest BCUT2D eigenvalue weighted by Crippen LogP contribution is -2.00. The Balaban J connectivity index is 1.84. The molecule has 0 aromatic heterocycles. The van der Waals surface area contributed by atoms with E-state index in [-0.39, 0.29) is 0 Å². The molecule has 0 aliphatic rings. The molecule has 0 aliphatic carbocycles. The van der Waals surface area contributed by atoms with E-state index in [2.05, 4.69) is 78.3 Å². The summed E-state index contributed by atoms with van der Waals surface area (Å²) in [6, 6.07) is 18.8. The van der Waals surface area contributed by atoms with Gasteiger partial charge in [-0.25, -0.2) is 0 Å². The van der Waals surface area contributed by atoms with Gasteiger partial charge in [-0.1, -0.05) is 46.3 Å². The van der Waals surface area contributed by atoms with Gasteiger partial charge in [-0.3, -0.25) is 0 Å². The van der Waals surface area contributed by atoms with E-state index >= 15 is 0 Å². The van der Waals surface area contributed by atoms with Gasteiger partial charge in [0.05, 0.1) is 0 Å². The minimum absolute atomic E-state index is 0.612. The number of hydrogen-bond donors (Lipinski definition) is 0. The molecule has 3 aromatic carbocycles. The second-order valence-corrected chi connectivity index (χ2v) is 6.23. The van der Waals surface area contributed by atoms with Crippen LogP contribution < -0.4 is 4.74 Å². The fraction of sp³-hybridized carbons (Fsp3) is 0.158. The van der Waals surface area contributed by atoms with Crippen molar-refractivity contribution < 1.29 is 4.74 Å². The van der Waals surface area contributed by atoms with E-state index in [1.807, 2.05) is 6.07 Å². The highest BCUT2D eigenvalue weighted by Gasteiger charge is 2.04. The first-order valence-corrected chi connectivity index (χ1v) is 7.80. The molecule has 0 saturated heterocycles. The number of rotatable bonds is 3. The molecule has 21 heavy (non-hydrogen) atoms. The Morgan fingerprint density at radius 2 is 1.52 bits per heavy atom. The molecule has 3 rings (SSSR count). The third-order valence-electron chi connectivity index (χ3n) is 3.80. The van der Waals surface area contributed by atoms with Gasteiger partial charge >= 0.3 is 0 Å². The van der Waals surface area contributed by atoms with Gasteiger partial charge in [0.15, 0.2) is 0 Å². The monoisotopic (exact) mass is 340 g/mol. The van der Waals surface area contributed by atoms with Gasteiger partial charge in [-0.2, -0.15) is 0 Å². The first-order valence-electron chi connectivity index (χ1n) is 7.01. The summed E-state index contributed by atoms with van der Waals surface area (Å²) in [4.78, 5) is 0. The van der Waals surface area contributed by atoms with Crippen molar-refractivity contribution in [1.82, 2.24) is 0 Å². The minimum atomic E-state index is 0.612. The Hall–Kier alpha value is -1.80. The molecule has 0 bridgehead atoms. The summed E-state index contributed by atoms with van der Waals surface area (Å²) in [7, 11) is 0. The lowest BCUT2D eigenvalue weighted by molar-refractivity contribution is 0.305. The Morgan fingerprint density at radius 1 is 0.857 bits per heavy atom. The van der Waals surface area contributed by atoms with Gasteiger partial charge in [0.2, 0.25) is 0 Å². The molecular formula is C19H17BrO. The summed E-state index contributed by atoms with van der Waals surface area (Å²) in [5, 5.41) is 2.40. The predicted molar refractivity (Wildman–Crippen MR) is 91.9 cm³/mol. The molecule has 1 nitrogen and oxygen atoms in total. The fourth-order valence-corrected chi connectivity index (χ4v) is 2.90. The predicted octanol–water partition coefficient (Wildman–Crippen LogP) is 5.80. The summed E-state index contributed by atoms with van der Waals surface area (Å²) in [5.41, 5.74) is 3.83. The molecule has 0 fully saturated rings. The number of fused-ring (bicyclic) bond motifs is 1. The molecule has 106 valence electrons. The van der Waals surface area contributed by atoms with Gasteiger partial charge < -0.3 is 4.74 Å². The zero-order valence-electron chi connectivity index (χ0n) is 12.2. The molecule has 0 radical (unpaired) electrons. The number of benzene rings is 3. The van der Waals surface area contributed by atoms with Crippen LogP contribution in [0, 0.1) is 13.8 Å². The average molecular weight is 341 g/mol. The smallest absolute Gasteiger partial charge is 0.120 e. The minimum Gasteiger partial charge on any atom is -0.489 e. The standard InChI is InChI=1S/C19H17BrO/c1-13-4-3-5-14(2)19(13)12-21-18-9-7-15-10-17(20)8-6-16(15)11-18/h3-11H,12H2,1-2H3. The van der Waals surface area contributed by atoms with Gasteiger partial charge in [-0.15, -0.1) is 0 Å². The quantitative estimate of drug-likeness (QED) is 0.585. The normalized spacial score (nSPS) is 10.8. The molecule has 0 heterocycles. The maximum absolute atomic E-state index is 5.98. The molecule has 0 N–H and O–H groups in total. The number of aryl methyl sites for hydroxylation is 2. The topological polar surface area (TPSA) is 9.23 Å². The Bertz CT molecular complexity index is 772. The molecule has 0 amide bonds. The van der Waals surface area contributed by atoms with Crippen molar-refractivity contribution in [2.24, 2.45) is 0 Å². The summed E-state index contributed by atoms with van der Waals surface area (Å²) < 4.78 is 7.08. The van der Waals surface area contributed by atoms with E-state index in [4.69, 9.17) is 4.74 Å². The largest absolute Gasteiger partial charge is 0.489 e. The van der Waals surface area contributed by atoms with Crippen LogP contribution in [0.25, 0.3) is 10.8 Å². The maximum Gasteiger partial charge on any atom is 0.120 e. The zero-order chi connectivity index (χ0) is 14.8. The molecule has 2 heteroatoms. The van der Waals surface area contributed by atoms with Gasteiger partial charge in [0.1, 0.15) is 12.4 Å². The Kier molecular flexibility index (Phi) is 3.98. The zero-order valence-corrected chi connectivity index (χ0v) is 13.8. The maximum atomic E-state index is 5.98. The van der Waals surface area contributed by atoms with Crippen LogP contribution in [0.15, 0.2) is 59.1 Å². The molecule has 0 spiro atoms. The van der Waals surface area contributed by atoms with Gasteiger partial charge in [0, 0.05) is 4.47 Å². The number of ether oxygens (including phenoxy) is 1. The fourth-order valence-electron chi connectivity index (χ4n) is 2.52. The van der Waals surface area contributed by atoms with E-state index in [1.54, 1.807) is 0 Å². The molecule has 0 saturated carbocycles. The van der Waals surface area contributed by atoms with Crippen LogP contribution in [-0.2, 0) is 6.61 Å². The van der Waals surface area contributed by atoms with Crippen LogP contribution in [-0.4, -0.2) is 0 Å². The van der Waals surface area contributed by atoms with Crippen LogP contribution in [0.2, 0.25) is 0 Å². The van der Waals surface area contributed by atoms with Crippen molar-refractivity contribution in [3.8, 4) is 5.75 Å². The van der Waals surface area contributed by atoms with E-state index in [0.717, 1.165) is 10.2 Å². The SMILES string of the molecule is Cc1cccc(C)c1COc1ccc2cc(Br)ccc2c1. The van der Waals surface area contributed by atoms with Crippen LogP contribution in [0.5, 0.6) is 5.75 Å². The van der Waals surface area contributed by atoms with E-state index in [9.17, 15) is 0 Å². The second-order valence-electron chi connectivity index (χ2n) is 5.31. The highest BCUT2D eigenvalue weighted by molar-refractivity contribution is 9.10. The Morgan fingerprint density at radius 3 is 2.29 bits per heavy atom. The lowest BCUT2D eigenvalue weighted by atomic mass is 10.0. The van der Waals surface area contributed by atoms with Crippen molar-refractivity contribution in [2.75, 3.05) is 0 Å². The third-order valence-corrected chi connectivity index (χ3v) is 4.29. The molecule has 0 unspecified atom stereocenters.